The lowest BCUT2D eigenvalue weighted by Crippen LogP contribution is -2.33. The molecular formula is C22H27N. The van der Waals surface area contributed by atoms with E-state index in [1.54, 1.807) is 0 Å². The quantitative estimate of drug-likeness (QED) is 0.664. The highest BCUT2D eigenvalue weighted by molar-refractivity contribution is 5.80. The Morgan fingerprint density at radius 3 is 2.35 bits per heavy atom. The van der Waals surface area contributed by atoms with Gasteiger partial charge >= 0.3 is 0 Å². The van der Waals surface area contributed by atoms with Gasteiger partial charge in [-0.2, -0.15) is 0 Å². The first-order valence-corrected chi connectivity index (χ1v) is 8.53. The highest BCUT2D eigenvalue weighted by Gasteiger charge is 2.36. The van der Waals surface area contributed by atoms with Gasteiger partial charge in [-0.05, 0) is 70.6 Å². The Hall–Kier alpha value is -1.89. The second kappa shape index (κ2) is 5.63. The molecule has 0 amide bonds. The molecule has 23 heavy (non-hydrogen) atoms. The average Bonchev–Trinajstić information content (AvgIpc) is 2.52. The lowest BCUT2D eigenvalue weighted by molar-refractivity contribution is 0.332. The van der Waals surface area contributed by atoms with Crippen molar-refractivity contribution in [3.63, 3.8) is 0 Å². The van der Waals surface area contributed by atoms with E-state index in [-0.39, 0.29) is 10.8 Å². The van der Waals surface area contributed by atoms with Crippen molar-refractivity contribution in [2.24, 2.45) is 0 Å². The Bertz CT molecular complexity index is 736. The van der Waals surface area contributed by atoms with Gasteiger partial charge in [-0.25, -0.2) is 0 Å². The molecule has 1 aliphatic rings. The van der Waals surface area contributed by atoms with Crippen LogP contribution in [0.25, 0.3) is 11.6 Å². The molecule has 1 heteroatoms. The smallest absolute Gasteiger partial charge is 0.0340 e. The van der Waals surface area contributed by atoms with Crippen molar-refractivity contribution in [3.05, 3.63) is 65.0 Å². The highest BCUT2D eigenvalue weighted by Crippen LogP contribution is 2.46. The van der Waals surface area contributed by atoms with Crippen LogP contribution in [0.1, 0.15) is 69.7 Å². The average molecular weight is 305 g/mol. The third-order valence-electron chi connectivity index (χ3n) is 5.38. The van der Waals surface area contributed by atoms with Crippen molar-refractivity contribution < 1.29 is 0 Å². The van der Waals surface area contributed by atoms with Gasteiger partial charge in [0.2, 0.25) is 0 Å². The van der Waals surface area contributed by atoms with Crippen molar-refractivity contribution in [1.29, 1.82) is 0 Å². The molecule has 3 rings (SSSR count). The molecule has 1 aromatic heterocycles. The topological polar surface area (TPSA) is 12.9 Å². The second-order valence-corrected chi connectivity index (χ2v) is 8.14. The molecule has 0 aliphatic heterocycles. The molecule has 0 spiro atoms. The van der Waals surface area contributed by atoms with Gasteiger partial charge in [0.25, 0.3) is 0 Å². The zero-order valence-corrected chi connectivity index (χ0v) is 15.0. The van der Waals surface area contributed by atoms with E-state index in [1.165, 1.54) is 35.1 Å². The SMILES string of the molecule is CC(=Cc1cccnc1)c1ccc2c(c1)C(C)(C)CCC2(C)C. The summed E-state index contributed by atoms with van der Waals surface area (Å²) in [6.07, 6.45) is 8.46. The fraction of sp³-hybridized carbons (Fsp3) is 0.409. The van der Waals surface area contributed by atoms with Crippen LogP contribution in [-0.4, -0.2) is 4.98 Å². The minimum Gasteiger partial charge on any atom is -0.264 e. The molecule has 0 unspecified atom stereocenters. The van der Waals surface area contributed by atoms with Crippen molar-refractivity contribution in [2.45, 2.75) is 58.3 Å². The zero-order valence-electron chi connectivity index (χ0n) is 15.0. The number of pyridine rings is 1. The predicted molar refractivity (Wildman–Crippen MR) is 99.5 cm³/mol. The van der Waals surface area contributed by atoms with Crippen LogP contribution in [-0.2, 0) is 10.8 Å². The summed E-state index contributed by atoms with van der Waals surface area (Å²) in [7, 11) is 0. The van der Waals surface area contributed by atoms with Gasteiger partial charge in [0.05, 0.1) is 0 Å². The largest absolute Gasteiger partial charge is 0.264 e. The summed E-state index contributed by atoms with van der Waals surface area (Å²) >= 11 is 0. The molecule has 1 aromatic carbocycles. The van der Waals surface area contributed by atoms with Gasteiger partial charge in [0.15, 0.2) is 0 Å². The molecule has 2 aromatic rings. The van der Waals surface area contributed by atoms with E-state index in [0.717, 1.165) is 5.56 Å². The maximum Gasteiger partial charge on any atom is 0.0340 e. The first kappa shape index (κ1) is 16.0. The van der Waals surface area contributed by atoms with Crippen LogP contribution in [0.2, 0.25) is 0 Å². The molecule has 0 radical (unpaired) electrons. The van der Waals surface area contributed by atoms with E-state index >= 15 is 0 Å². The van der Waals surface area contributed by atoms with Gasteiger partial charge < -0.3 is 0 Å². The summed E-state index contributed by atoms with van der Waals surface area (Å²) in [5, 5.41) is 0. The number of hydrogen-bond donors (Lipinski definition) is 0. The Labute approximate surface area is 140 Å². The Morgan fingerprint density at radius 1 is 1.00 bits per heavy atom. The number of rotatable bonds is 2. The molecule has 1 aliphatic carbocycles. The van der Waals surface area contributed by atoms with Crippen molar-refractivity contribution in [1.82, 2.24) is 4.98 Å². The van der Waals surface area contributed by atoms with E-state index in [2.05, 4.69) is 69.9 Å². The van der Waals surface area contributed by atoms with Crippen molar-refractivity contribution in [3.8, 4) is 0 Å². The fourth-order valence-electron chi connectivity index (χ4n) is 3.63. The van der Waals surface area contributed by atoms with E-state index in [1.807, 2.05) is 18.5 Å². The number of aromatic nitrogens is 1. The van der Waals surface area contributed by atoms with Crippen LogP contribution in [0, 0.1) is 0 Å². The monoisotopic (exact) mass is 305 g/mol. The van der Waals surface area contributed by atoms with Crippen LogP contribution in [0.3, 0.4) is 0 Å². The molecule has 1 nitrogen and oxygen atoms in total. The first-order valence-electron chi connectivity index (χ1n) is 8.53. The molecule has 120 valence electrons. The van der Waals surface area contributed by atoms with Crippen LogP contribution in [0.15, 0.2) is 42.7 Å². The third-order valence-corrected chi connectivity index (χ3v) is 5.38. The lowest BCUT2D eigenvalue weighted by Gasteiger charge is -2.42. The Balaban J connectivity index is 2.05. The van der Waals surface area contributed by atoms with E-state index < -0.39 is 0 Å². The summed E-state index contributed by atoms with van der Waals surface area (Å²) < 4.78 is 0. The maximum absolute atomic E-state index is 4.20. The highest BCUT2D eigenvalue weighted by atomic mass is 14.6. The molecule has 0 saturated carbocycles. The standard InChI is InChI=1S/C22H27N/c1-16(13-17-7-6-12-23-15-17)18-8-9-19-20(14-18)22(4,5)11-10-21(19,2)3/h6-9,12-15H,10-11H2,1-5H3. The molecule has 1 heterocycles. The molecule has 0 atom stereocenters. The molecule has 0 N–H and O–H groups in total. The Kier molecular flexibility index (Phi) is 3.91. The minimum absolute atomic E-state index is 0.259. The van der Waals surface area contributed by atoms with E-state index in [9.17, 15) is 0 Å². The molecule has 0 saturated heterocycles. The maximum atomic E-state index is 4.20. The van der Waals surface area contributed by atoms with Crippen LogP contribution < -0.4 is 0 Å². The summed E-state index contributed by atoms with van der Waals surface area (Å²) in [6, 6.07) is 11.1. The number of fused-ring (bicyclic) bond motifs is 1. The van der Waals surface area contributed by atoms with Gasteiger partial charge in [-0.15, -0.1) is 0 Å². The third kappa shape index (κ3) is 3.10. The summed E-state index contributed by atoms with van der Waals surface area (Å²) in [6.45, 7) is 11.7. The van der Waals surface area contributed by atoms with Crippen molar-refractivity contribution in [2.75, 3.05) is 0 Å². The number of hydrogen-bond acceptors (Lipinski definition) is 1. The van der Waals surface area contributed by atoms with Crippen molar-refractivity contribution >= 4 is 11.6 Å². The lowest BCUT2D eigenvalue weighted by atomic mass is 9.63. The molecule has 0 fully saturated rings. The van der Waals surface area contributed by atoms with Crippen LogP contribution in [0.5, 0.6) is 0 Å². The zero-order chi connectivity index (χ0) is 16.7. The molecule has 0 bridgehead atoms. The van der Waals surface area contributed by atoms with Crippen LogP contribution >= 0.6 is 0 Å². The van der Waals surface area contributed by atoms with E-state index in [0.29, 0.717) is 0 Å². The summed E-state index contributed by atoms with van der Waals surface area (Å²) in [4.78, 5) is 4.20. The fourth-order valence-corrected chi connectivity index (χ4v) is 3.63. The summed E-state index contributed by atoms with van der Waals surface area (Å²) in [5.41, 5.74) is 7.34. The van der Waals surface area contributed by atoms with Gasteiger partial charge in [-0.1, -0.05) is 52.0 Å². The second-order valence-electron chi connectivity index (χ2n) is 8.14. The van der Waals surface area contributed by atoms with E-state index in [4.69, 9.17) is 0 Å². The molecular weight excluding hydrogens is 278 g/mol. The predicted octanol–water partition coefficient (Wildman–Crippen LogP) is 5.99. The first-order chi connectivity index (χ1) is 10.8. The van der Waals surface area contributed by atoms with Crippen LogP contribution in [0.4, 0.5) is 0 Å². The summed E-state index contributed by atoms with van der Waals surface area (Å²) in [5.74, 6) is 0. The number of benzene rings is 1. The number of nitrogens with zero attached hydrogens (tertiary/aromatic N) is 1. The van der Waals surface area contributed by atoms with Gasteiger partial charge in [0.1, 0.15) is 0 Å². The van der Waals surface area contributed by atoms with Gasteiger partial charge in [-0.3, -0.25) is 4.98 Å². The van der Waals surface area contributed by atoms with Gasteiger partial charge in [0, 0.05) is 12.4 Å². The normalized spacial score (nSPS) is 19.3. The minimum atomic E-state index is 0.259. The Morgan fingerprint density at radius 2 is 1.70 bits per heavy atom. The number of allylic oxidation sites excluding steroid dienone is 1.